The molecule has 0 N–H and O–H groups in total. The van der Waals surface area contributed by atoms with Gasteiger partial charge in [-0.15, -0.1) is 0 Å². The van der Waals surface area contributed by atoms with Crippen molar-refractivity contribution in [2.24, 2.45) is 5.92 Å². The fraction of sp³-hybridized carbons (Fsp3) is 0.304. The van der Waals surface area contributed by atoms with Gasteiger partial charge in [0.25, 0.3) is 0 Å². The third-order valence-corrected chi connectivity index (χ3v) is 6.13. The van der Waals surface area contributed by atoms with E-state index in [4.69, 9.17) is 9.26 Å². The number of nitrogens with zero attached hydrogens (tertiary/aromatic N) is 6. The number of hydrogen-bond donors (Lipinski definition) is 0. The second-order valence-corrected chi connectivity index (χ2v) is 9.31. The average molecular weight is 543 g/mol. The van der Waals surface area contributed by atoms with Gasteiger partial charge >= 0.3 is 5.82 Å². The highest BCUT2D eigenvalue weighted by molar-refractivity contribution is 9.10. The van der Waals surface area contributed by atoms with Crippen molar-refractivity contribution in [1.29, 1.82) is 0 Å². The summed E-state index contributed by atoms with van der Waals surface area (Å²) < 4.78 is 27.8. The van der Waals surface area contributed by atoms with E-state index in [0.717, 1.165) is 12.1 Å². The predicted molar refractivity (Wildman–Crippen MR) is 125 cm³/mol. The highest BCUT2D eigenvalue weighted by Gasteiger charge is 2.25. The Morgan fingerprint density at radius 2 is 2.14 bits per heavy atom. The first-order valence-corrected chi connectivity index (χ1v) is 11.8. The van der Waals surface area contributed by atoms with E-state index in [1.807, 2.05) is 6.07 Å². The van der Waals surface area contributed by atoms with E-state index in [1.165, 1.54) is 43.6 Å². The van der Waals surface area contributed by atoms with Crippen molar-refractivity contribution in [3.8, 4) is 17.1 Å². The Labute approximate surface area is 207 Å². The average Bonchev–Trinajstić information content (AvgIpc) is 3.33. The quantitative estimate of drug-likeness (QED) is 0.207. The Balaban J connectivity index is 1.44. The molecule has 1 aliphatic carbocycles. The minimum absolute atomic E-state index is 0.0431. The highest BCUT2D eigenvalue weighted by Crippen LogP contribution is 2.35. The van der Waals surface area contributed by atoms with Crippen LogP contribution in [0.5, 0.6) is 5.75 Å². The highest BCUT2D eigenvalue weighted by atomic mass is 79.9. The molecule has 1 saturated carbocycles. The number of pyridine rings is 1. The van der Waals surface area contributed by atoms with Crippen molar-refractivity contribution in [1.82, 2.24) is 24.9 Å². The summed E-state index contributed by atoms with van der Waals surface area (Å²) in [6.45, 7) is 1.96. The summed E-state index contributed by atoms with van der Waals surface area (Å²) in [7, 11) is 0. The molecule has 180 valence electrons. The molecular formula is C23H20BrFN6O4. The Kier molecular flexibility index (Phi) is 6.29. The number of hydrogen-bond acceptors (Lipinski definition) is 8. The van der Waals surface area contributed by atoms with Gasteiger partial charge in [0, 0.05) is 23.3 Å². The molecule has 0 saturated heterocycles. The monoisotopic (exact) mass is 542 g/mol. The van der Waals surface area contributed by atoms with Gasteiger partial charge < -0.3 is 19.4 Å². The largest absolute Gasteiger partial charge is 0.478 e. The zero-order valence-corrected chi connectivity index (χ0v) is 20.2. The molecule has 3 heterocycles. The van der Waals surface area contributed by atoms with Crippen LogP contribution in [0, 0.1) is 21.8 Å². The predicted octanol–water partition coefficient (Wildman–Crippen LogP) is 5.28. The Morgan fingerprint density at radius 1 is 1.31 bits per heavy atom. The van der Waals surface area contributed by atoms with Crippen molar-refractivity contribution < 1.29 is 18.6 Å². The molecule has 1 aromatic carbocycles. The first-order chi connectivity index (χ1) is 16.9. The fourth-order valence-electron chi connectivity index (χ4n) is 3.85. The van der Waals surface area contributed by atoms with Crippen LogP contribution in [0.3, 0.4) is 0 Å². The molecule has 1 fully saturated rings. The van der Waals surface area contributed by atoms with Crippen LogP contribution < -0.4 is 4.74 Å². The smallest absolute Gasteiger partial charge is 0.406 e. The first kappa shape index (κ1) is 23.1. The minimum atomic E-state index is -0.768. The lowest BCUT2D eigenvalue weighted by Crippen LogP contribution is -2.10. The van der Waals surface area contributed by atoms with E-state index < -0.39 is 22.7 Å². The van der Waals surface area contributed by atoms with Gasteiger partial charge in [-0.25, -0.2) is 14.1 Å². The van der Waals surface area contributed by atoms with Crippen LogP contribution in [0.1, 0.15) is 42.9 Å². The molecule has 4 aromatic rings. The van der Waals surface area contributed by atoms with Crippen LogP contribution in [0.25, 0.3) is 11.4 Å². The Bertz CT molecular complexity index is 1390. The van der Waals surface area contributed by atoms with Gasteiger partial charge in [0.1, 0.15) is 24.8 Å². The third-order valence-electron chi connectivity index (χ3n) is 5.69. The van der Waals surface area contributed by atoms with E-state index in [0.29, 0.717) is 39.6 Å². The summed E-state index contributed by atoms with van der Waals surface area (Å²) in [5.41, 5.74) is 1.93. The molecule has 0 unspecified atom stereocenters. The second kappa shape index (κ2) is 9.53. The lowest BCUT2D eigenvalue weighted by Gasteiger charge is -2.18. The van der Waals surface area contributed by atoms with Crippen LogP contribution in [-0.2, 0) is 13.0 Å². The van der Waals surface area contributed by atoms with E-state index in [1.54, 1.807) is 17.7 Å². The second-order valence-electron chi connectivity index (χ2n) is 8.40. The van der Waals surface area contributed by atoms with E-state index in [9.17, 15) is 14.5 Å². The topological polar surface area (TPSA) is 122 Å². The lowest BCUT2D eigenvalue weighted by molar-refractivity contribution is -0.390. The molecule has 10 nitrogen and oxygen atoms in total. The molecule has 0 bridgehead atoms. The van der Waals surface area contributed by atoms with Crippen LogP contribution in [0.2, 0.25) is 0 Å². The van der Waals surface area contributed by atoms with E-state index in [2.05, 4.69) is 36.2 Å². The summed E-state index contributed by atoms with van der Waals surface area (Å²) >= 11 is 3.25. The number of halogens is 2. The SMILES string of the molecule is C[C@@H](Oc1cc(Br)cnc1[N+](=O)[O-])c1cc(F)ccc1-c1ncnn1Cc1cc(CC2CC2)no1. The molecule has 5 rings (SSSR count). The Hall–Kier alpha value is -3.67. The number of benzene rings is 1. The van der Waals surface area contributed by atoms with Crippen molar-refractivity contribution in [3.63, 3.8) is 0 Å². The molecule has 0 radical (unpaired) electrons. The van der Waals surface area contributed by atoms with Crippen LogP contribution >= 0.6 is 15.9 Å². The summed E-state index contributed by atoms with van der Waals surface area (Å²) in [5, 5.41) is 19.8. The van der Waals surface area contributed by atoms with Crippen LogP contribution in [0.4, 0.5) is 10.2 Å². The number of aromatic nitrogens is 5. The zero-order chi connectivity index (χ0) is 24.5. The summed E-state index contributed by atoms with van der Waals surface area (Å²) in [4.78, 5) is 18.9. The zero-order valence-electron chi connectivity index (χ0n) is 18.6. The molecule has 1 atom stereocenters. The van der Waals surface area contributed by atoms with Gasteiger partial charge in [-0.05, 0) is 76.1 Å². The molecule has 0 amide bonds. The van der Waals surface area contributed by atoms with Gasteiger partial charge in [-0.3, -0.25) is 0 Å². The number of nitro groups is 1. The molecule has 12 heteroatoms. The van der Waals surface area contributed by atoms with E-state index in [-0.39, 0.29) is 5.75 Å². The van der Waals surface area contributed by atoms with Crippen molar-refractivity contribution in [3.05, 3.63) is 80.3 Å². The van der Waals surface area contributed by atoms with Crippen molar-refractivity contribution >= 4 is 21.7 Å². The first-order valence-electron chi connectivity index (χ1n) is 11.0. The third kappa shape index (κ3) is 5.21. The van der Waals surface area contributed by atoms with Gasteiger partial charge in [-0.1, -0.05) is 5.16 Å². The number of ether oxygens (including phenoxy) is 1. The molecular weight excluding hydrogens is 523 g/mol. The molecule has 35 heavy (non-hydrogen) atoms. The minimum Gasteiger partial charge on any atom is -0.478 e. The maximum Gasteiger partial charge on any atom is 0.406 e. The molecule has 0 aliphatic heterocycles. The van der Waals surface area contributed by atoms with E-state index >= 15 is 0 Å². The number of rotatable bonds is 9. The van der Waals surface area contributed by atoms with Crippen molar-refractivity contribution in [2.75, 3.05) is 0 Å². The lowest BCUT2D eigenvalue weighted by atomic mass is 10.0. The fourth-order valence-corrected chi connectivity index (χ4v) is 4.16. The molecule has 1 aliphatic rings. The van der Waals surface area contributed by atoms with Gasteiger partial charge in [-0.2, -0.15) is 5.10 Å². The summed E-state index contributed by atoms with van der Waals surface area (Å²) in [6.07, 6.45) is 5.30. The standard InChI is InChI=1S/C23H20BrFN6O4/c1-13(34-21-7-15(24)10-26-23(21)31(32)33)20-8-16(25)4-5-19(20)22-27-12-28-30(22)11-18-9-17(29-35-18)6-14-2-3-14/h4-5,7-10,12-14H,2-3,6,11H2,1H3/t13-/m1/s1. The van der Waals surface area contributed by atoms with Gasteiger partial charge in [0.05, 0.1) is 10.2 Å². The molecule has 3 aromatic heterocycles. The maximum absolute atomic E-state index is 14.3. The molecule has 0 spiro atoms. The normalized spacial score (nSPS) is 14.1. The van der Waals surface area contributed by atoms with Crippen molar-refractivity contribution in [2.45, 2.75) is 38.8 Å². The summed E-state index contributed by atoms with van der Waals surface area (Å²) in [5.74, 6) is 0.835. The summed E-state index contributed by atoms with van der Waals surface area (Å²) in [6, 6.07) is 7.58. The maximum atomic E-state index is 14.3. The van der Waals surface area contributed by atoms with Gasteiger partial charge in [0.2, 0.25) is 5.75 Å². The van der Waals surface area contributed by atoms with Crippen LogP contribution in [-0.4, -0.2) is 29.8 Å². The Morgan fingerprint density at radius 3 is 2.91 bits per heavy atom. The van der Waals surface area contributed by atoms with Crippen LogP contribution in [0.15, 0.2) is 51.9 Å². The van der Waals surface area contributed by atoms with Gasteiger partial charge in [0.15, 0.2) is 17.8 Å².